The van der Waals surface area contributed by atoms with Gasteiger partial charge in [0.2, 0.25) is 0 Å². The van der Waals surface area contributed by atoms with Crippen molar-refractivity contribution in [3.05, 3.63) is 109 Å². The maximum atomic E-state index is 12.8. The fourth-order valence-electron chi connectivity index (χ4n) is 7.25. The summed E-state index contributed by atoms with van der Waals surface area (Å²) in [5.74, 6) is -0.439. The summed E-state index contributed by atoms with van der Waals surface area (Å²) in [6.07, 6.45) is 76.7. The monoisotopic (exact) mass is 915 g/mol. The Morgan fingerprint density at radius 1 is 0.348 bits per heavy atom. The van der Waals surface area contributed by atoms with E-state index in [1.807, 2.05) is 0 Å². The Balaban J connectivity index is 4.35. The summed E-state index contributed by atoms with van der Waals surface area (Å²) >= 11 is 0. The molecule has 0 aromatic heterocycles. The average molecular weight is 915 g/mol. The van der Waals surface area contributed by atoms with Crippen LogP contribution in [0.3, 0.4) is 0 Å². The van der Waals surface area contributed by atoms with E-state index in [1.165, 1.54) is 83.5 Å². The van der Waals surface area contributed by atoms with Crippen molar-refractivity contribution < 1.29 is 23.8 Å². The van der Waals surface area contributed by atoms with Crippen LogP contribution < -0.4 is 0 Å². The van der Waals surface area contributed by atoms with Crippen LogP contribution in [-0.4, -0.2) is 37.9 Å². The Kier molecular flexibility index (Phi) is 53.0. The highest BCUT2D eigenvalue weighted by Crippen LogP contribution is 2.13. The first-order valence-electron chi connectivity index (χ1n) is 27.4. The van der Waals surface area contributed by atoms with Crippen molar-refractivity contribution in [1.29, 1.82) is 0 Å². The van der Waals surface area contributed by atoms with E-state index in [-0.39, 0.29) is 25.2 Å². The van der Waals surface area contributed by atoms with Gasteiger partial charge in [-0.05, 0) is 122 Å². The highest BCUT2D eigenvalue weighted by atomic mass is 16.6. The van der Waals surface area contributed by atoms with Crippen LogP contribution in [0.5, 0.6) is 0 Å². The highest BCUT2D eigenvalue weighted by Gasteiger charge is 2.17. The second kappa shape index (κ2) is 55.9. The number of allylic oxidation sites excluding steroid dienone is 18. The Morgan fingerprint density at radius 2 is 0.682 bits per heavy atom. The molecule has 5 heteroatoms. The molecule has 66 heavy (non-hydrogen) atoms. The molecule has 376 valence electrons. The third-order valence-electron chi connectivity index (χ3n) is 11.3. The maximum Gasteiger partial charge on any atom is 0.306 e. The molecule has 0 radical (unpaired) electrons. The molecule has 5 nitrogen and oxygen atoms in total. The zero-order chi connectivity index (χ0) is 47.7. The molecule has 0 spiro atoms. The summed E-state index contributed by atoms with van der Waals surface area (Å²) in [4.78, 5) is 25.5. The van der Waals surface area contributed by atoms with E-state index in [1.54, 1.807) is 0 Å². The summed E-state index contributed by atoms with van der Waals surface area (Å²) in [6.45, 7) is 7.51. The molecule has 0 aromatic carbocycles. The molecule has 0 bridgehead atoms. The van der Waals surface area contributed by atoms with Crippen molar-refractivity contribution in [2.24, 2.45) is 0 Å². The predicted molar refractivity (Wildman–Crippen MR) is 288 cm³/mol. The molecule has 0 aromatic rings. The van der Waals surface area contributed by atoms with Crippen LogP contribution in [0.2, 0.25) is 0 Å². The standard InChI is InChI=1S/C61H102O5/c1-4-7-10-13-16-19-22-25-28-30-31-33-34-36-39-42-45-48-51-54-60(62)65-58-59(57-64-56-53-50-47-44-41-38-27-24-21-18-15-12-9-6-3)66-61(63)55-52-49-46-43-40-37-35-32-29-26-23-20-17-14-11-8-5-2/h8-9,11-12,16-21,25-29,31,33,38,59H,4-7,10,13-15,22-24,30,32,34-37,39-58H2,1-3H3/b11-8-,12-9-,19-16-,20-17-,21-18-,28-25-,29-26-,33-31-,38-27-. The van der Waals surface area contributed by atoms with Gasteiger partial charge in [0.05, 0.1) is 6.61 Å². The lowest BCUT2D eigenvalue weighted by molar-refractivity contribution is -0.163. The number of ether oxygens (including phenoxy) is 3. The van der Waals surface area contributed by atoms with Gasteiger partial charge in [-0.3, -0.25) is 9.59 Å². The Labute approximate surface area is 408 Å². The maximum absolute atomic E-state index is 12.8. The topological polar surface area (TPSA) is 61.8 Å². The minimum absolute atomic E-state index is 0.0591. The van der Waals surface area contributed by atoms with E-state index in [9.17, 15) is 9.59 Å². The molecule has 0 heterocycles. The molecular formula is C61H102O5. The minimum Gasteiger partial charge on any atom is -0.462 e. The van der Waals surface area contributed by atoms with Crippen molar-refractivity contribution in [2.75, 3.05) is 19.8 Å². The molecule has 0 fully saturated rings. The lowest BCUT2D eigenvalue weighted by atomic mass is 10.1. The van der Waals surface area contributed by atoms with Crippen molar-refractivity contribution >= 4 is 11.9 Å². The van der Waals surface area contributed by atoms with Crippen molar-refractivity contribution in [2.45, 2.75) is 245 Å². The summed E-state index contributed by atoms with van der Waals surface area (Å²) in [6, 6.07) is 0. The lowest BCUT2D eigenvalue weighted by Crippen LogP contribution is -2.30. The van der Waals surface area contributed by atoms with Gasteiger partial charge in [-0.1, -0.05) is 214 Å². The Morgan fingerprint density at radius 3 is 1.09 bits per heavy atom. The number of hydrogen-bond donors (Lipinski definition) is 0. The molecule has 0 rings (SSSR count). The fourth-order valence-corrected chi connectivity index (χ4v) is 7.25. The first kappa shape index (κ1) is 62.6. The number of rotatable bonds is 49. The van der Waals surface area contributed by atoms with Crippen LogP contribution in [0.15, 0.2) is 109 Å². The second-order valence-corrected chi connectivity index (χ2v) is 17.7. The van der Waals surface area contributed by atoms with E-state index < -0.39 is 6.10 Å². The Hall–Kier alpha value is -3.44. The zero-order valence-corrected chi connectivity index (χ0v) is 43.2. The van der Waals surface area contributed by atoms with Crippen LogP contribution in [0.4, 0.5) is 0 Å². The summed E-state index contributed by atoms with van der Waals surface area (Å²) < 4.78 is 17.4. The second-order valence-electron chi connectivity index (χ2n) is 17.7. The predicted octanol–water partition coefficient (Wildman–Crippen LogP) is 18.8. The zero-order valence-electron chi connectivity index (χ0n) is 43.2. The minimum atomic E-state index is -0.566. The van der Waals surface area contributed by atoms with Crippen molar-refractivity contribution in [1.82, 2.24) is 0 Å². The van der Waals surface area contributed by atoms with Gasteiger partial charge in [0, 0.05) is 19.4 Å². The lowest BCUT2D eigenvalue weighted by Gasteiger charge is -2.18. The van der Waals surface area contributed by atoms with Gasteiger partial charge in [0.1, 0.15) is 6.61 Å². The summed E-state index contributed by atoms with van der Waals surface area (Å²) in [5.41, 5.74) is 0. The molecular weight excluding hydrogens is 813 g/mol. The molecule has 0 aliphatic carbocycles. The molecule has 1 atom stereocenters. The largest absolute Gasteiger partial charge is 0.462 e. The normalized spacial score (nSPS) is 13.1. The van der Waals surface area contributed by atoms with Gasteiger partial charge in [0.25, 0.3) is 0 Å². The van der Waals surface area contributed by atoms with E-state index in [0.29, 0.717) is 19.4 Å². The number of carbonyl (C=O) groups excluding carboxylic acids is 2. The first-order chi connectivity index (χ1) is 32.6. The van der Waals surface area contributed by atoms with Gasteiger partial charge in [-0.25, -0.2) is 0 Å². The van der Waals surface area contributed by atoms with Crippen molar-refractivity contribution in [3.63, 3.8) is 0 Å². The van der Waals surface area contributed by atoms with Gasteiger partial charge >= 0.3 is 11.9 Å². The molecule has 0 saturated carbocycles. The number of hydrogen-bond acceptors (Lipinski definition) is 5. The van der Waals surface area contributed by atoms with E-state index in [2.05, 4.69) is 130 Å². The SMILES string of the molecule is CC/C=C\C/C=C\C/C=C\CCCCCCCCCC(=O)OC(COCCCCCC/C=C\C/C=C\C/C=C\CC)COC(=O)CCCCCCCC/C=C\C/C=C\C/C=C\CCCCC. The van der Waals surface area contributed by atoms with Crippen LogP contribution in [0.1, 0.15) is 239 Å². The smallest absolute Gasteiger partial charge is 0.306 e. The van der Waals surface area contributed by atoms with Crippen molar-refractivity contribution in [3.8, 4) is 0 Å². The van der Waals surface area contributed by atoms with Gasteiger partial charge < -0.3 is 14.2 Å². The van der Waals surface area contributed by atoms with Crippen LogP contribution >= 0.6 is 0 Å². The van der Waals surface area contributed by atoms with E-state index >= 15 is 0 Å². The van der Waals surface area contributed by atoms with Gasteiger partial charge in [-0.15, -0.1) is 0 Å². The third kappa shape index (κ3) is 53.2. The first-order valence-corrected chi connectivity index (χ1v) is 27.4. The fraction of sp³-hybridized carbons (Fsp3) is 0.672. The van der Waals surface area contributed by atoms with Gasteiger partial charge in [0.15, 0.2) is 6.10 Å². The summed E-state index contributed by atoms with van der Waals surface area (Å²) in [5, 5.41) is 0. The molecule has 0 N–H and O–H groups in total. The number of unbranched alkanes of at least 4 members (excludes halogenated alkanes) is 20. The molecule has 1 unspecified atom stereocenters. The molecule has 0 saturated heterocycles. The van der Waals surface area contributed by atoms with Crippen LogP contribution in [0, 0.1) is 0 Å². The number of carbonyl (C=O) groups is 2. The van der Waals surface area contributed by atoms with Gasteiger partial charge in [-0.2, -0.15) is 0 Å². The number of esters is 2. The van der Waals surface area contributed by atoms with Crippen LogP contribution in [0.25, 0.3) is 0 Å². The quantitative estimate of drug-likeness (QED) is 0.0346. The average Bonchev–Trinajstić information content (AvgIpc) is 3.32. The van der Waals surface area contributed by atoms with Crippen LogP contribution in [-0.2, 0) is 23.8 Å². The molecule has 0 aliphatic rings. The third-order valence-corrected chi connectivity index (χ3v) is 11.3. The molecule has 0 amide bonds. The molecule has 0 aliphatic heterocycles. The summed E-state index contributed by atoms with van der Waals surface area (Å²) in [7, 11) is 0. The van der Waals surface area contributed by atoms with E-state index in [0.717, 1.165) is 122 Å². The Bertz CT molecular complexity index is 1310. The van der Waals surface area contributed by atoms with E-state index in [4.69, 9.17) is 14.2 Å². The highest BCUT2D eigenvalue weighted by molar-refractivity contribution is 5.70.